The van der Waals surface area contributed by atoms with E-state index in [1.165, 1.54) is 24.3 Å². The minimum absolute atomic E-state index is 0.142. The zero-order valence-electron chi connectivity index (χ0n) is 27.8. The van der Waals surface area contributed by atoms with Crippen LogP contribution in [0.4, 0.5) is 0 Å². The molecule has 0 radical (unpaired) electrons. The van der Waals surface area contributed by atoms with Crippen molar-refractivity contribution in [3.63, 3.8) is 0 Å². The van der Waals surface area contributed by atoms with Crippen molar-refractivity contribution in [3.8, 4) is 17.2 Å². The van der Waals surface area contributed by atoms with Gasteiger partial charge in [0, 0.05) is 26.2 Å². The van der Waals surface area contributed by atoms with Gasteiger partial charge in [0.25, 0.3) is 0 Å². The maximum Gasteiger partial charge on any atom is 0.338 e. The van der Waals surface area contributed by atoms with Gasteiger partial charge in [-0.1, -0.05) is 26.3 Å². The average Bonchev–Trinajstić information content (AvgIpc) is 3.10. The van der Waals surface area contributed by atoms with Crippen LogP contribution in [0.3, 0.4) is 0 Å². The maximum atomic E-state index is 13.1. The molecule has 1 aromatic carbocycles. The number of carbonyl (C=O) groups excluding carboxylic acids is 5. The van der Waals surface area contributed by atoms with E-state index in [4.69, 9.17) is 18.9 Å². The first kappa shape index (κ1) is 41.0. The van der Waals surface area contributed by atoms with Gasteiger partial charge in [0.2, 0.25) is 29.4 Å². The van der Waals surface area contributed by atoms with Crippen molar-refractivity contribution in [3.05, 3.63) is 68.3 Å². The van der Waals surface area contributed by atoms with E-state index in [0.717, 1.165) is 0 Å². The third kappa shape index (κ3) is 18.8. The van der Waals surface area contributed by atoms with Crippen molar-refractivity contribution in [1.29, 1.82) is 0 Å². The first-order valence-electron chi connectivity index (χ1n) is 16.1. The van der Waals surface area contributed by atoms with Crippen LogP contribution in [-0.4, -0.2) is 82.2 Å². The number of hydrogen-bond donors (Lipinski definition) is 4. The first-order chi connectivity index (χ1) is 23.2. The van der Waals surface area contributed by atoms with E-state index in [-0.39, 0.29) is 55.6 Å². The highest BCUT2D eigenvalue weighted by molar-refractivity contribution is 5.91. The molecule has 13 nitrogen and oxygen atoms in total. The lowest BCUT2D eigenvalue weighted by atomic mass is 10.1. The Hall–Kier alpha value is -5.07. The molecule has 0 bridgehead atoms. The maximum absolute atomic E-state index is 13.1. The molecule has 0 unspecified atom stereocenters. The number of carbonyl (C=O) groups is 5. The van der Waals surface area contributed by atoms with E-state index in [1.54, 1.807) is 12.1 Å². The Bertz CT molecular complexity index is 1180. The van der Waals surface area contributed by atoms with Gasteiger partial charge in [-0.3, -0.25) is 19.2 Å². The van der Waals surface area contributed by atoms with E-state index >= 15 is 0 Å². The smallest absolute Gasteiger partial charge is 0.338 e. The molecular formula is C35H50N4O9. The standard InChI is InChI=1S/C35H50N4O9/c1-5-30(40)36-17-9-13-21-45-28-25-27(35(44)48-24-16-12-20-39-33(43)8-4)26-29(46-22-14-10-18-37-31(41)6-2)34(28)47-23-15-11-19-38-32(42)7-3/h5-8,25-26H,1-4,9-24H2,(H,36,40)(H,37,41)(H,38,42)(H,39,43). The molecule has 0 fully saturated rings. The summed E-state index contributed by atoms with van der Waals surface area (Å²) < 4.78 is 23.8. The summed E-state index contributed by atoms with van der Waals surface area (Å²) in [6.07, 6.45) is 9.72. The van der Waals surface area contributed by atoms with Gasteiger partial charge in [-0.25, -0.2) is 4.79 Å². The number of esters is 1. The van der Waals surface area contributed by atoms with E-state index in [0.29, 0.717) is 94.8 Å². The Morgan fingerprint density at radius 1 is 0.500 bits per heavy atom. The molecule has 0 aliphatic heterocycles. The van der Waals surface area contributed by atoms with Crippen LogP contribution in [0.25, 0.3) is 0 Å². The molecule has 13 heteroatoms. The fourth-order valence-electron chi connectivity index (χ4n) is 3.88. The largest absolute Gasteiger partial charge is 0.490 e. The summed E-state index contributed by atoms with van der Waals surface area (Å²) in [5, 5.41) is 10.8. The van der Waals surface area contributed by atoms with Gasteiger partial charge in [-0.2, -0.15) is 0 Å². The van der Waals surface area contributed by atoms with Crippen LogP contribution in [0, 0.1) is 0 Å². The number of nitrogens with one attached hydrogen (secondary N) is 4. The minimum Gasteiger partial charge on any atom is -0.490 e. The second kappa shape index (κ2) is 26.0. The third-order valence-corrected chi connectivity index (χ3v) is 6.47. The molecule has 48 heavy (non-hydrogen) atoms. The summed E-state index contributed by atoms with van der Waals surface area (Å²) in [7, 11) is 0. The SMILES string of the molecule is C=CC(=O)NCCCCOC(=O)c1cc(OCCCCNC(=O)C=C)c(OCCCCNC(=O)C=C)c(OCCCCNC(=O)C=C)c1. The lowest BCUT2D eigenvalue weighted by molar-refractivity contribution is -0.117. The highest BCUT2D eigenvalue weighted by Gasteiger charge is 2.20. The second-order valence-corrected chi connectivity index (χ2v) is 10.3. The third-order valence-electron chi connectivity index (χ3n) is 6.47. The van der Waals surface area contributed by atoms with E-state index in [9.17, 15) is 24.0 Å². The summed E-state index contributed by atoms with van der Waals surface area (Å²) in [6.45, 7) is 16.5. The number of unbranched alkanes of at least 4 members (excludes halogenated alkanes) is 4. The number of amides is 4. The minimum atomic E-state index is -0.580. The molecule has 264 valence electrons. The molecule has 4 amide bonds. The van der Waals surface area contributed by atoms with Crippen LogP contribution < -0.4 is 35.5 Å². The lowest BCUT2D eigenvalue weighted by Gasteiger charge is -2.19. The van der Waals surface area contributed by atoms with Gasteiger partial charge in [-0.05, 0) is 87.8 Å². The topological polar surface area (TPSA) is 170 Å². The first-order valence-corrected chi connectivity index (χ1v) is 16.1. The molecule has 0 saturated carbocycles. The molecule has 1 aromatic rings. The summed E-state index contributed by atoms with van der Waals surface area (Å²) in [4.78, 5) is 58.6. The highest BCUT2D eigenvalue weighted by Crippen LogP contribution is 2.39. The molecular weight excluding hydrogens is 620 g/mol. The normalized spacial score (nSPS) is 10.1. The van der Waals surface area contributed by atoms with Crippen LogP contribution in [0.2, 0.25) is 0 Å². The van der Waals surface area contributed by atoms with Crippen LogP contribution in [-0.2, 0) is 23.9 Å². The van der Waals surface area contributed by atoms with Crippen molar-refractivity contribution >= 4 is 29.6 Å². The zero-order valence-corrected chi connectivity index (χ0v) is 27.8. The Morgan fingerprint density at radius 2 is 0.833 bits per heavy atom. The predicted octanol–water partition coefficient (Wildman–Crippen LogP) is 3.31. The van der Waals surface area contributed by atoms with Gasteiger partial charge in [0.15, 0.2) is 11.5 Å². The van der Waals surface area contributed by atoms with Crippen LogP contribution in [0.15, 0.2) is 62.8 Å². The van der Waals surface area contributed by atoms with Crippen molar-refractivity contribution in [1.82, 2.24) is 21.3 Å². The van der Waals surface area contributed by atoms with Crippen molar-refractivity contribution < 1.29 is 42.9 Å². The molecule has 0 heterocycles. The summed E-state index contributed by atoms with van der Waals surface area (Å²) >= 11 is 0. The lowest BCUT2D eigenvalue weighted by Crippen LogP contribution is -2.22. The molecule has 4 N–H and O–H groups in total. The Balaban J connectivity index is 3.05. The molecule has 0 aromatic heterocycles. The number of ether oxygens (including phenoxy) is 4. The van der Waals surface area contributed by atoms with E-state index in [2.05, 4.69) is 47.6 Å². The fourth-order valence-corrected chi connectivity index (χ4v) is 3.88. The summed E-state index contributed by atoms with van der Waals surface area (Å²) in [6, 6.07) is 3.09. The second-order valence-electron chi connectivity index (χ2n) is 10.3. The van der Waals surface area contributed by atoms with E-state index in [1.807, 2.05) is 0 Å². The van der Waals surface area contributed by atoms with Gasteiger partial charge in [-0.15, -0.1) is 0 Å². The van der Waals surface area contributed by atoms with Gasteiger partial charge >= 0.3 is 5.97 Å². The van der Waals surface area contributed by atoms with Crippen LogP contribution in [0.1, 0.15) is 61.7 Å². The summed E-state index contributed by atoms with van der Waals surface area (Å²) in [5.41, 5.74) is 0.205. The molecule has 0 spiro atoms. The Morgan fingerprint density at radius 3 is 1.19 bits per heavy atom. The monoisotopic (exact) mass is 670 g/mol. The fraction of sp³-hybridized carbons (Fsp3) is 0.457. The number of hydrogen-bond acceptors (Lipinski definition) is 9. The Labute approximate surface area is 283 Å². The molecule has 0 saturated heterocycles. The number of rotatable bonds is 28. The quantitative estimate of drug-likeness (QED) is 0.0594. The van der Waals surface area contributed by atoms with Crippen LogP contribution >= 0.6 is 0 Å². The Kier molecular flexibility index (Phi) is 22.2. The van der Waals surface area contributed by atoms with Crippen molar-refractivity contribution in [2.75, 3.05) is 52.6 Å². The van der Waals surface area contributed by atoms with Crippen molar-refractivity contribution in [2.45, 2.75) is 51.4 Å². The molecule has 1 rings (SSSR count). The van der Waals surface area contributed by atoms with Crippen LogP contribution in [0.5, 0.6) is 17.2 Å². The van der Waals surface area contributed by atoms with Gasteiger partial charge < -0.3 is 40.2 Å². The van der Waals surface area contributed by atoms with Crippen molar-refractivity contribution in [2.24, 2.45) is 0 Å². The highest BCUT2D eigenvalue weighted by atomic mass is 16.5. The van der Waals surface area contributed by atoms with Gasteiger partial charge in [0.1, 0.15) is 0 Å². The molecule has 0 aliphatic rings. The zero-order chi connectivity index (χ0) is 35.4. The predicted molar refractivity (Wildman–Crippen MR) is 183 cm³/mol. The van der Waals surface area contributed by atoms with E-state index < -0.39 is 5.97 Å². The number of benzene rings is 1. The average molecular weight is 671 g/mol. The molecule has 0 aliphatic carbocycles. The van der Waals surface area contributed by atoms with Gasteiger partial charge in [0.05, 0.1) is 32.0 Å². The molecule has 0 atom stereocenters. The summed E-state index contributed by atoms with van der Waals surface area (Å²) in [5.74, 6) is -0.709.